The molecule has 0 unspecified atom stereocenters. The zero-order valence-electron chi connectivity index (χ0n) is 11.7. The van der Waals surface area contributed by atoms with Gasteiger partial charge in [-0.05, 0) is 18.2 Å². The molecular weight excluding hydrogens is 320 g/mol. The van der Waals surface area contributed by atoms with E-state index < -0.39 is 0 Å². The summed E-state index contributed by atoms with van der Waals surface area (Å²) in [6, 6.07) is 12.7. The number of nitrogens with one attached hydrogen (secondary N) is 1. The summed E-state index contributed by atoms with van der Waals surface area (Å²) in [6.45, 7) is 0. The summed E-state index contributed by atoms with van der Waals surface area (Å²) in [5, 5.41) is 4.16. The first-order valence-electron chi connectivity index (χ1n) is 6.52. The van der Waals surface area contributed by atoms with Crippen LogP contribution in [0, 0.1) is 0 Å². The van der Waals surface area contributed by atoms with Gasteiger partial charge in [0, 0.05) is 21.8 Å². The number of carbonyl (C=O) groups excluding carboxylic acids is 1. The molecule has 3 aromatic rings. The van der Waals surface area contributed by atoms with Gasteiger partial charge in [-0.15, -0.1) is 11.3 Å². The van der Waals surface area contributed by atoms with Crippen molar-refractivity contribution < 1.29 is 9.53 Å². The Morgan fingerprint density at radius 2 is 2.05 bits per heavy atom. The summed E-state index contributed by atoms with van der Waals surface area (Å²) in [7, 11) is 1.52. The highest BCUT2D eigenvalue weighted by atomic mass is 35.5. The minimum absolute atomic E-state index is 0.269. The quantitative estimate of drug-likeness (QED) is 0.699. The van der Waals surface area contributed by atoms with Gasteiger partial charge in [-0.3, -0.25) is 4.79 Å². The minimum Gasteiger partial charge on any atom is -0.494 e. The van der Waals surface area contributed by atoms with E-state index in [4.69, 9.17) is 22.1 Å². The standard InChI is InChI=1S/C16H13ClN2O2S/c1-21-12-8-9(18)6-7-11(12)19-16(20)15-14(17)10-4-2-3-5-13(10)22-15/h2-8H,18H2,1H3,(H,19,20). The number of hydrogen-bond donors (Lipinski definition) is 2. The molecule has 1 heterocycles. The van der Waals surface area contributed by atoms with Crippen molar-refractivity contribution in [2.75, 3.05) is 18.2 Å². The van der Waals surface area contributed by atoms with Crippen LogP contribution in [0.1, 0.15) is 9.67 Å². The number of ether oxygens (including phenoxy) is 1. The SMILES string of the molecule is COc1cc(N)ccc1NC(=O)c1sc2ccccc2c1Cl. The summed E-state index contributed by atoms with van der Waals surface area (Å²) in [5.41, 5.74) is 6.82. The van der Waals surface area contributed by atoms with Crippen LogP contribution in [0.15, 0.2) is 42.5 Å². The first-order chi connectivity index (χ1) is 10.6. The van der Waals surface area contributed by atoms with Crippen molar-refractivity contribution in [2.24, 2.45) is 0 Å². The van der Waals surface area contributed by atoms with E-state index in [2.05, 4.69) is 5.32 Å². The number of anilines is 2. The predicted molar refractivity (Wildman–Crippen MR) is 92.2 cm³/mol. The number of nitrogens with two attached hydrogens (primary N) is 1. The molecule has 0 radical (unpaired) electrons. The van der Waals surface area contributed by atoms with Gasteiger partial charge in [0.1, 0.15) is 10.6 Å². The number of benzene rings is 2. The van der Waals surface area contributed by atoms with Gasteiger partial charge in [-0.2, -0.15) is 0 Å². The summed E-state index contributed by atoms with van der Waals surface area (Å²) >= 11 is 7.67. The summed E-state index contributed by atoms with van der Waals surface area (Å²) in [6.07, 6.45) is 0. The number of hydrogen-bond acceptors (Lipinski definition) is 4. The molecule has 2 aromatic carbocycles. The Kier molecular flexibility index (Phi) is 3.92. The maximum Gasteiger partial charge on any atom is 0.267 e. The molecule has 22 heavy (non-hydrogen) atoms. The Morgan fingerprint density at radius 1 is 1.27 bits per heavy atom. The highest BCUT2D eigenvalue weighted by molar-refractivity contribution is 7.21. The molecule has 3 N–H and O–H groups in total. The van der Waals surface area contributed by atoms with Crippen LogP contribution in [-0.2, 0) is 0 Å². The molecule has 0 spiro atoms. The first-order valence-corrected chi connectivity index (χ1v) is 7.71. The van der Waals surface area contributed by atoms with E-state index in [9.17, 15) is 4.79 Å². The molecule has 0 aliphatic heterocycles. The summed E-state index contributed by atoms with van der Waals surface area (Å²) < 4.78 is 6.20. The number of thiophene rings is 1. The lowest BCUT2D eigenvalue weighted by Crippen LogP contribution is -2.11. The van der Waals surface area contributed by atoms with Crippen LogP contribution >= 0.6 is 22.9 Å². The second-order valence-corrected chi connectivity index (χ2v) is 6.09. The molecule has 6 heteroatoms. The Balaban J connectivity index is 1.95. The van der Waals surface area contributed by atoms with Crippen molar-refractivity contribution in [1.29, 1.82) is 0 Å². The predicted octanol–water partition coefficient (Wildman–Crippen LogP) is 4.40. The second kappa shape index (κ2) is 5.87. The number of fused-ring (bicyclic) bond motifs is 1. The normalized spacial score (nSPS) is 10.6. The lowest BCUT2D eigenvalue weighted by atomic mass is 10.2. The summed E-state index contributed by atoms with van der Waals surface area (Å²) in [5.74, 6) is 0.236. The zero-order valence-corrected chi connectivity index (χ0v) is 13.3. The topological polar surface area (TPSA) is 64.3 Å². The van der Waals surface area contributed by atoms with Gasteiger partial charge in [0.05, 0.1) is 17.8 Å². The van der Waals surface area contributed by atoms with E-state index in [1.807, 2.05) is 24.3 Å². The smallest absolute Gasteiger partial charge is 0.267 e. The van der Waals surface area contributed by atoms with Crippen molar-refractivity contribution in [3.63, 3.8) is 0 Å². The Morgan fingerprint density at radius 3 is 2.77 bits per heavy atom. The monoisotopic (exact) mass is 332 g/mol. The van der Waals surface area contributed by atoms with Gasteiger partial charge in [-0.1, -0.05) is 29.8 Å². The number of methoxy groups -OCH3 is 1. The van der Waals surface area contributed by atoms with E-state index in [0.29, 0.717) is 27.0 Å². The lowest BCUT2D eigenvalue weighted by Gasteiger charge is -2.10. The Bertz CT molecular complexity index is 860. The molecule has 0 fully saturated rings. The van der Waals surface area contributed by atoms with Crippen LogP contribution in [-0.4, -0.2) is 13.0 Å². The zero-order chi connectivity index (χ0) is 15.7. The average molecular weight is 333 g/mol. The van der Waals surface area contributed by atoms with Crippen molar-refractivity contribution in [3.05, 3.63) is 52.4 Å². The van der Waals surface area contributed by atoms with Gasteiger partial charge < -0.3 is 15.8 Å². The molecule has 0 bridgehead atoms. The molecule has 112 valence electrons. The molecule has 0 saturated carbocycles. The van der Waals surface area contributed by atoms with E-state index in [1.54, 1.807) is 18.2 Å². The van der Waals surface area contributed by atoms with Crippen molar-refractivity contribution in [3.8, 4) is 5.75 Å². The van der Waals surface area contributed by atoms with Crippen molar-refractivity contribution in [1.82, 2.24) is 0 Å². The third kappa shape index (κ3) is 2.61. The van der Waals surface area contributed by atoms with Crippen molar-refractivity contribution >= 4 is 50.3 Å². The maximum atomic E-state index is 12.5. The number of nitrogen functional groups attached to an aromatic ring is 1. The van der Waals surface area contributed by atoms with E-state index >= 15 is 0 Å². The van der Waals surface area contributed by atoms with E-state index in [-0.39, 0.29) is 5.91 Å². The van der Waals surface area contributed by atoms with Crippen LogP contribution in [0.4, 0.5) is 11.4 Å². The molecule has 1 aromatic heterocycles. The fourth-order valence-electron chi connectivity index (χ4n) is 2.15. The van der Waals surface area contributed by atoms with Crippen LogP contribution in [0.2, 0.25) is 5.02 Å². The van der Waals surface area contributed by atoms with Gasteiger partial charge in [-0.25, -0.2) is 0 Å². The van der Waals surface area contributed by atoms with Crippen molar-refractivity contribution in [2.45, 2.75) is 0 Å². The fraction of sp³-hybridized carbons (Fsp3) is 0.0625. The van der Waals surface area contributed by atoms with Gasteiger partial charge in [0.2, 0.25) is 0 Å². The van der Waals surface area contributed by atoms with Gasteiger partial charge in [0.25, 0.3) is 5.91 Å². The van der Waals surface area contributed by atoms with Gasteiger partial charge >= 0.3 is 0 Å². The van der Waals surface area contributed by atoms with E-state index in [1.165, 1.54) is 18.4 Å². The Labute approximate surface area is 136 Å². The number of halogens is 1. The van der Waals surface area contributed by atoms with Gasteiger partial charge in [0.15, 0.2) is 0 Å². The second-order valence-electron chi connectivity index (χ2n) is 4.66. The average Bonchev–Trinajstić information content (AvgIpc) is 2.86. The van der Waals surface area contributed by atoms with Crippen LogP contribution in [0.25, 0.3) is 10.1 Å². The molecule has 0 atom stereocenters. The fourth-order valence-corrected chi connectivity index (χ4v) is 3.56. The first kappa shape index (κ1) is 14.7. The van der Waals surface area contributed by atoms with Crippen LogP contribution in [0.5, 0.6) is 5.75 Å². The third-order valence-corrected chi connectivity index (χ3v) is 4.89. The molecule has 3 rings (SSSR count). The molecule has 0 saturated heterocycles. The molecule has 4 nitrogen and oxygen atoms in total. The molecule has 0 aliphatic carbocycles. The number of amides is 1. The molecular formula is C16H13ClN2O2S. The maximum absolute atomic E-state index is 12.5. The number of carbonyl (C=O) groups is 1. The van der Waals surface area contributed by atoms with Crippen LogP contribution in [0.3, 0.4) is 0 Å². The van der Waals surface area contributed by atoms with E-state index in [0.717, 1.165) is 10.1 Å². The summed E-state index contributed by atoms with van der Waals surface area (Å²) in [4.78, 5) is 13.0. The third-order valence-electron chi connectivity index (χ3n) is 3.21. The Hall–Kier alpha value is -2.24. The highest BCUT2D eigenvalue weighted by Gasteiger charge is 2.18. The minimum atomic E-state index is -0.269. The number of rotatable bonds is 3. The molecule has 1 amide bonds. The highest BCUT2D eigenvalue weighted by Crippen LogP contribution is 2.36. The lowest BCUT2D eigenvalue weighted by molar-refractivity contribution is 0.103. The van der Waals surface area contributed by atoms with Crippen LogP contribution < -0.4 is 15.8 Å². The largest absolute Gasteiger partial charge is 0.494 e. The molecule has 0 aliphatic rings.